The van der Waals surface area contributed by atoms with Gasteiger partial charge in [-0.1, -0.05) is 65.8 Å². The summed E-state index contributed by atoms with van der Waals surface area (Å²) in [4.78, 5) is 12.4. The summed E-state index contributed by atoms with van der Waals surface area (Å²) in [5, 5.41) is 14.9. The van der Waals surface area contributed by atoms with Crippen molar-refractivity contribution in [2.75, 3.05) is 11.1 Å². The summed E-state index contributed by atoms with van der Waals surface area (Å²) in [6.45, 7) is 4.87. The van der Waals surface area contributed by atoms with Gasteiger partial charge in [-0.05, 0) is 43.0 Å². The average Bonchev–Trinajstić information content (AvgIpc) is 3.21. The highest BCUT2D eigenvalue weighted by Crippen LogP contribution is 2.27. The minimum Gasteiger partial charge on any atom is -0.485 e. The number of benzene rings is 3. The molecule has 0 spiro atoms. The number of hydrogen-bond donors (Lipinski definition) is 1. The first kappa shape index (κ1) is 22.2. The van der Waals surface area contributed by atoms with E-state index < -0.39 is 0 Å². The maximum absolute atomic E-state index is 12.4. The average molecular weight is 467 g/mol. The van der Waals surface area contributed by atoms with Crippen molar-refractivity contribution in [2.45, 2.75) is 32.2 Å². The Morgan fingerprint density at radius 1 is 1.09 bits per heavy atom. The van der Waals surface area contributed by atoms with Crippen LogP contribution in [0.25, 0.3) is 10.8 Å². The Morgan fingerprint density at radius 2 is 1.88 bits per heavy atom. The van der Waals surface area contributed by atoms with Crippen LogP contribution in [0.2, 0.25) is 5.02 Å². The zero-order valence-electron chi connectivity index (χ0n) is 17.8. The molecule has 0 saturated heterocycles. The van der Waals surface area contributed by atoms with Gasteiger partial charge in [0.1, 0.15) is 12.4 Å². The third-order valence-corrected chi connectivity index (χ3v) is 6.47. The Kier molecular flexibility index (Phi) is 6.97. The highest BCUT2D eigenvalue weighted by molar-refractivity contribution is 7.99. The van der Waals surface area contributed by atoms with Gasteiger partial charge in [0.2, 0.25) is 5.91 Å². The van der Waals surface area contributed by atoms with E-state index in [0.717, 1.165) is 22.1 Å². The van der Waals surface area contributed by atoms with Crippen LogP contribution in [0.4, 0.5) is 5.69 Å². The van der Waals surface area contributed by atoms with Crippen molar-refractivity contribution in [3.63, 3.8) is 0 Å². The highest BCUT2D eigenvalue weighted by atomic mass is 35.5. The summed E-state index contributed by atoms with van der Waals surface area (Å²) >= 11 is 7.47. The largest absolute Gasteiger partial charge is 0.485 e. The van der Waals surface area contributed by atoms with Gasteiger partial charge >= 0.3 is 0 Å². The zero-order valence-corrected chi connectivity index (χ0v) is 19.4. The normalized spacial score (nSPS) is 11.0. The first-order valence-corrected chi connectivity index (χ1v) is 11.6. The van der Waals surface area contributed by atoms with Gasteiger partial charge in [0, 0.05) is 22.6 Å². The maximum Gasteiger partial charge on any atom is 0.234 e. The van der Waals surface area contributed by atoms with Crippen LogP contribution in [0.3, 0.4) is 0 Å². The molecule has 0 atom stereocenters. The van der Waals surface area contributed by atoms with Crippen molar-refractivity contribution < 1.29 is 9.53 Å². The molecule has 8 heteroatoms. The maximum atomic E-state index is 12.4. The first-order valence-electron chi connectivity index (χ1n) is 10.3. The Balaban J connectivity index is 1.40. The summed E-state index contributed by atoms with van der Waals surface area (Å²) in [6.07, 6.45) is 0. The zero-order chi connectivity index (χ0) is 22.5. The fraction of sp³-hybridized carbons (Fsp3) is 0.208. The molecular formula is C24H23ClN4O2S. The molecule has 0 aliphatic heterocycles. The van der Waals surface area contributed by atoms with Crippen LogP contribution in [-0.2, 0) is 17.9 Å². The van der Waals surface area contributed by atoms with E-state index in [9.17, 15) is 4.79 Å². The fourth-order valence-electron chi connectivity index (χ4n) is 3.37. The van der Waals surface area contributed by atoms with Crippen LogP contribution in [0.15, 0.2) is 65.8 Å². The van der Waals surface area contributed by atoms with Gasteiger partial charge in [0.05, 0.1) is 5.75 Å². The number of amides is 1. The second-order valence-corrected chi connectivity index (χ2v) is 8.51. The second-order valence-electron chi connectivity index (χ2n) is 7.16. The van der Waals surface area contributed by atoms with Gasteiger partial charge in [-0.3, -0.25) is 4.79 Å². The van der Waals surface area contributed by atoms with Crippen molar-refractivity contribution in [3.8, 4) is 5.75 Å². The van der Waals surface area contributed by atoms with Crippen LogP contribution >= 0.6 is 23.4 Å². The Hall–Kier alpha value is -3.03. The lowest BCUT2D eigenvalue weighted by atomic mass is 10.1. The lowest BCUT2D eigenvalue weighted by Crippen LogP contribution is -2.15. The number of fused-ring (bicyclic) bond motifs is 1. The molecule has 0 fully saturated rings. The van der Waals surface area contributed by atoms with Crippen molar-refractivity contribution in [1.82, 2.24) is 14.8 Å². The summed E-state index contributed by atoms with van der Waals surface area (Å²) in [6, 6.07) is 19.5. The lowest BCUT2D eigenvalue weighted by Gasteiger charge is -2.11. The minimum absolute atomic E-state index is 0.125. The summed E-state index contributed by atoms with van der Waals surface area (Å²) in [5.41, 5.74) is 1.56. The second kappa shape index (κ2) is 10.1. The molecule has 1 aromatic heterocycles. The minimum atomic E-state index is -0.125. The molecule has 1 N–H and O–H groups in total. The third-order valence-electron chi connectivity index (χ3n) is 5.09. The molecule has 0 saturated carbocycles. The predicted octanol–water partition coefficient (Wildman–Crippen LogP) is 5.72. The van der Waals surface area contributed by atoms with Gasteiger partial charge in [0.15, 0.2) is 11.0 Å². The van der Waals surface area contributed by atoms with E-state index in [-0.39, 0.29) is 11.7 Å². The molecule has 0 aliphatic carbocycles. The number of halogens is 1. The fourth-order valence-corrected chi connectivity index (χ4v) is 4.37. The molecule has 3 aromatic carbocycles. The molecule has 0 radical (unpaired) electrons. The number of aromatic nitrogens is 3. The van der Waals surface area contributed by atoms with E-state index in [0.29, 0.717) is 34.8 Å². The van der Waals surface area contributed by atoms with Crippen LogP contribution in [0.1, 0.15) is 18.3 Å². The topological polar surface area (TPSA) is 69.0 Å². The Morgan fingerprint density at radius 3 is 2.72 bits per heavy atom. The van der Waals surface area contributed by atoms with Crippen molar-refractivity contribution in [2.24, 2.45) is 0 Å². The van der Waals surface area contributed by atoms with E-state index in [1.54, 1.807) is 6.07 Å². The third kappa shape index (κ3) is 4.89. The molecule has 6 nitrogen and oxygen atoms in total. The van der Waals surface area contributed by atoms with Gasteiger partial charge < -0.3 is 14.6 Å². The molecule has 32 heavy (non-hydrogen) atoms. The standard InChI is InChI=1S/C24H23ClN4O2S/c1-3-29-22(14-31-21-13-6-9-17-8-4-5-10-18(17)21)27-28-24(29)32-15-23(30)26-20-12-7-11-19(25)16(20)2/h4-13H,3,14-15H2,1-2H3,(H,26,30). The van der Waals surface area contributed by atoms with Crippen molar-refractivity contribution in [3.05, 3.63) is 77.1 Å². The number of carbonyl (C=O) groups excluding carboxylic acids is 1. The number of hydrogen-bond acceptors (Lipinski definition) is 5. The van der Waals surface area contributed by atoms with E-state index >= 15 is 0 Å². The number of nitrogens with zero attached hydrogens (tertiary/aromatic N) is 3. The van der Waals surface area contributed by atoms with E-state index in [1.807, 2.05) is 60.9 Å². The molecule has 0 bridgehead atoms. The molecule has 4 aromatic rings. The monoisotopic (exact) mass is 466 g/mol. The van der Waals surface area contributed by atoms with Crippen molar-refractivity contribution >= 4 is 45.7 Å². The van der Waals surface area contributed by atoms with Gasteiger partial charge in [0.25, 0.3) is 0 Å². The predicted molar refractivity (Wildman–Crippen MR) is 130 cm³/mol. The molecule has 0 aliphatic rings. The van der Waals surface area contributed by atoms with Crippen molar-refractivity contribution in [1.29, 1.82) is 0 Å². The number of carbonyl (C=O) groups is 1. The van der Waals surface area contributed by atoms with Gasteiger partial charge in [-0.2, -0.15) is 0 Å². The number of rotatable bonds is 8. The smallest absolute Gasteiger partial charge is 0.234 e. The molecule has 1 amide bonds. The van der Waals surface area contributed by atoms with Crippen LogP contribution in [-0.4, -0.2) is 26.4 Å². The Bertz CT molecular complexity index is 1250. The SMILES string of the molecule is CCn1c(COc2cccc3ccccc23)nnc1SCC(=O)Nc1cccc(Cl)c1C. The molecule has 1 heterocycles. The molecule has 0 unspecified atom stereocenters. The summed E-state index contributed by atoms with van der Waals surface area (Å²) in [7, 11) is 0. The highest BCUT2D eigenvalue weighted by Gasteiger charge is 2.15. The number of thioether (sulfide) groups is 1. The summed E-state index contributed by atoms with van der Waals surface area (Å²) in [5.74, 6) is 1.61. The quantitative estimate of drug-likeness (QED) is 0.336. The number of nitrogens with one attached hydrogen (secondary N) is 1. The molecular weight excluding hydrogens is 444 g/mol. The molecule has 164 valence electrons. The van der Waals surface area contributed by atoms with Crippen LogP contribution in [0, 0.1) is 6.92 Å². The van der Waals surface area contributed by atoms with Gasteiger partial charge in [-0.25, -0.2) is 0 Å². The number of ether oxygens (including phenoxy) is 1. The van der Waals surface area contributed by atoms with Gasteiger partial charge in [-0.15, -0.1) is 10.2 Å². The van der Waals surface area contributed by atoms with E-state index in [2.05, 4.69) is 27.6 Å². The van der Waals surface area contributed by atoms with Crippen LogP contribution < -0.4 is 10.1 Å². The van der Waals surface area contributed by atoms with Crippen LogP contribution in [0.5, 0.6) is 5.75 Å². The molecule has 4 rings (SSSR count). The Labute approximate surface area is 195 Å². The number of anilines is 1. The van der Waals surface area contributed by atoms with E-state index in [4.69, 9.17) is 16.3 Å². The van der Waals surface area contributed by atoms with E-state index in [1.165, 1.54) is 11.8 Å². The summed E-state index contributed by atoms with van der Waals surface area (Å²) < 4.78 is 8.03. The lowest BCUT2D eigenvalue weighted by molar-refractivity contribution is -0.113. The first-order chi connectivity index (χ1) is 15.6.